The van der Waals surface area contributed by atoms with E-state index in [0.29, 0.717) is 0 Å². The van der Waals surface area contributed by atoms with Crippen molar-refractivity contribution in [1.29, 1.82) is 0 Å². The van der Waals surface area contributed by atoms with E-state index < -0.39 is 57.9 Å². The Morgan fingerprint density at radius 3 is 2.14 bits per heavy atom. The molecule has 0 fully saturated rings. The van der Waals surface area contributed by atoms with E-state index in [4.69, 9.17) is 0 Å². The maximum Gasteiger partial charge on any atom is 0.272 e. The number of rotatable bonds is 6. The summed E-state index contributed by atoms with van der Waals surface area (Å²) in [4.78, 5) is 22.3. The van der Waals surface area contributed by atoms with Crippen LogP contribution in [0.2, 0.25) is 0 Å². The Morgan fingerprint density at radius 2 is 1.66 bits per heavy atom. The monoisotopic (exact) mass is 420 g/mol. The van der Waals surface area contributed by atoms with Crippen LogP contribution in [0.3, 0.4) is 0 Å². The Bertz CT molecular complexity index is 968. The second kappa shape index (κ2) is 7.99. The third kappa shape index (κ3) is 4.42. The standard InChI is InChI=1S/C17H13F5N2O5/c1-7-5-8(3-4-9(7)24(27)28)23-16(25)17(2,26)6-29-15-13(21)11(19)10(18)12(20)14(15)22/h3-5,26H,6H2,1-2H3,(H,23,25). The smallest absolute Gasteiger partial charge is 0.272 e. The normalized spacial score (nSPS) is 13.0. The molecule has 7 nitrogen and oxygen atoms in total. The third-order valence-corrected chi connectivity index (χ3v) is 3.81. The van der Waals surface area contributed by atoms with Crippen LogP contribution >= 0.6 is 0 Å². The lowest BCUT2D eigenvalue weighted by Gasteiger charge is -2.23. The van der Waals surface area contributed by atoms with Crippen molar-refractivity contribution >= 4 is 17.3 Å². The Hall–Kier alpha value is -3.28. The molecule has 156 valence electrons. The van der Waals surface area contributed by atoms with E-state index in [2.05, 4.69) is 10.1 Å². The molecule has 2 rings (SSSR count). The summed E-state index contributed by atoms with van der Waals surface area (Å²) in [7, 11) is 0. The quantitative estimate of drug-likeness (QED) is 0.245. The van der Waals surface area contributed by atoms with Gasteiger partial charge in [-0.25, -0.2) is 13.2 Å². The molecule has 0 saturated carbocycles. The minimum absolute atomic E-state index is 0.0506. The molecule has 0 saturated heterocycles. The van der Waals surface area contributed by atoms with Gasteiger partial charge < -0.3 is 15.2 Å². The van der Waals surface area contributed by atoms with Gasteiger partial charge in [0.05, 0.1) is 4.92 Å². The van der Waals surface area contributed by atoms with Crippen LogP contribution < -0.4 is 10.1 Å². The number of hydrogen-bond donors (Lipinski definition) is 2. The van der Waals surface area contributed by atoms with Crippen LogP contribution in [0.15, 0.2) is 18.2 Å². The molecule has 2 N–H and O–H groups in total. The van der Waals surface area contributed by atoms with Crippen molar-refractivity contribution < 1.29 is 41.5 Å². The number of hydrogen-bond acceptors (Lipinski definition) is 5. The molecule has 2 aromatic rings. The first-order valence-corrected chi connectivity index (χ1v) is 7.80. The zero-order valence-corrected chi connectivity index (χ0v) is 14.9. The van der Waals surface area contributed by atoms with Crippen molar-refractivity contribution in [3.8, 4) is 5.75 Å². The predicted octanol–water partition coefficient (Wildman–Crippen LogP) is 3.37. The first kappa shape index (κ1) is 22.0. The van der Waals surface area contributed by atoms with Crippen molar-refractivity contribution in [2.75, 3.05) is 11.9 Å². The Labute approximate surface area is 159 Å². The Morgan fingerprint density at radius 1 is 1.14 bits per heavy atom. The molecule has 1 unspecified atom stereocenters. The summed E-state index contributed by atoms with van der Waals surface area (Å²) >= 11 is 0. The summed E-state index contributed by atoms with van der Waals surface area (Å²) in [5, 5.41) is 23.1. The molecule has 12 heteroatoms. The fourth-order valence-corrected chi connectivity index (χ4v) is 2.19. The van der Waals surface area contributed by atoms with E-state index in [9.17, 15) is 42.0 Å². The minimum atomic E-state index is -2.46. The number of ether oxygens (including phenoxy) is 1. The lowest BCUT2D eigenvalue weighted by Crippen LogP contribution is -2.45. The van der Waals surface area contributed by atoms with Gasteiger partial charge in [0.25, 0.3) is 11.6 Å². The molecule has 0 aliphatic rings. The number of carbonyl (C=O) groups excluding carboxylic acids is 1. The molecule has 0 spiro atoms. The highest BCUT2D eigenvalue weighted by atomic mass is 19.2. The molecule has 29 heavy (non-hydrogen) atoms. The highest BCUT2D eigenvalue weighted by Crippen LogP contribution is 2.30. The maximum absolute atomic E-state index is 13.6. The summed E-state index contributed by atoms with van der Waals surface area (Å²) in [6, 6.07) is 3.51. The first-order chi connectivity index (χ1) is 13.4. The zero-order chi connectivity index (χ0) is 22.1. The number of nitrogens with zero attached hydrogens (tertiary/aromatic N) is 1. The van der Waals surface area contributed by atoms with Crippen molar-refractivity contribution in [2.24, 2.45) is 0 Å². The van der Waals surface area contributed by atoms with Crippen molar-refractivity contribution in [2.45, 2.75) is 19.4 Å². The van der Waals surface area contributed by atoms with Crippen molar-refractivity contribution in [1.82, 2.24) is 0 Å². The number of aliphatic hydroxyl groups is 1. The van der Waals surface area contributed by atoms with Gasteiger partial charge in [0.15, 0.2) is 11.4 Å². The summed E-state index contributed by atoms with van der Waals surface area (Å²) in [5.74, 6) is -14.2. The van der Waals surface area contributed by atoms with Crippen LogP contribution in [0.25, 0.3) is 0 Å². The Kier molecular flexibility index (Phi) is 6.07. The summed E-state index contributed by atoms with van der Waals surface area (Å²) in [6.45, 7) is 1.11. The predicted molar refractivity (Wildman–Crippen MR) is 88.8 cm³/mol. The van der Waals surface area contributed by atoms with Crippen LogP contribution in [-0.2, 0) is 4.79 Å². The van der Waals surface area contributed by atoms with Gasteiger partial charge >= 0.3 is 0 Å². The van der Waals surface area contributed by atoms with Gasteiger partial charge in [0.2, 0.25) is 29.1 Å². The van der Waals surface area contributed by atoms with E-state index >= 15 is 0 Å². The molecule has 0 radical (unpaired) electrons. The van der Waals surface area contributed by atoms with E-state index in [0.717, 1.165) is 13.0 Å². The number of nitrogens with one attached hydrogen (secondary N) is 1. The SMILES string of the molecule is Cc1cc(NC(=O)C(C)(O)COc2c(F)c(F)c(F)c(F)c2F)ccc1[N+](=O)[O-]. The van der Waals surface area contributed by atoms with Crippen LogP contribution in [0.4, 0.5) is 33.3 Å². The van der Waals surface area contributed by atoms with Gasteiger partial charge in [-0.3, -0.25) is 14.9 Å². The third-order valence-electron chi connectivity index (χ3n) is 3.81. The molecule has 2 aromatic carbocycles. The number of anilines is 1. The average Bonchev–Trinajstić information content (AvgIpc) is 2.64. The molecule has 0 aliphatic heterocycles. The van der Waals surface area contributed by atoms with Crippen LogP contribution in [0, 0.1) is 46.1 Å². The molecule has 1 atom stereocenters. The van der Waals surface area contributed by atoms with Gasteiger partial charge in [0, 0.05) is 17.3 Å². The van der Waals surface area contributed by atoms with Gasteiger partial charge in [-0.2, -0.15) is 8.78 Å². The highest BCUT2D eigenvalue weighted by molar-refractivity contribution is 5.97. The zero-order valence-electron chi connectivity index (χ0n) is 14.9. The number of nitro groups is 1. The number of nitro benzene ring substituents is 1. The van der Waals surface area contributed by atoms with Crippen molar-refractivity contribution in [3.63, 3.8) is 0 Å². The second-order valence-electron chi connectivity index (χ2n) is 6.17. The van der Waals surface area contributed by atoms with Gasteiger partial charge in [-0.1, -0.05) is 0 Å². The lowest BCUT2D eigenvalue weighted by molar-refractivity contribution is -0.385. The average molecular weight is 420 g/mol. The summed E-state index contributed by atoms with van der Waals surface area (Å²) < 4.78 is 71.0. The number of aryl methyl sites for hydroxylation is 1. The van der Waals surface area contributed by atoms with E-state index in [-0.39, 0.29) is 16.9 Å². The minimum Gasteiger partial charge on any atom is -0.484 e. The summed E-state index contributed by atoms with van der Waals surface area (Å²) in [5.41, 5.74) is -2.43. The molecule has 0 heterocycles. The van der Waals surface area contributed by atoms with Crippen LogP contribution in [0.5, 0.6) is 5.75 Å². The fraction of sp³-hybridized carbons (Fsp3) is 0.235. The number of halogens is 5. The highest BCUT2D eigenvalue weighted by Gasteiger charge is 2.34. The topological polar surface area (TPSA) is 102 Å². The fourth-order valence-electron chi connectivity index (χ4n) is 2.19. The first-order valence-electron chi connectivity index (χ1n) is 7.80. The number of benzene rings is 2. The molecular weight excluding hydrogens is 407 g/mol. The number of amides is 1. The maximum atomic E-state index is 13.6. The van der Waals surface area contributed by atoms with Gasteiger partial charge in [-0.15, -0.1) is 0 Å². The van der Waals surface area contributed by atoms with Gasteiger partial charge in [0.1, 0.15) is 6.61 Å². The second-order valence-corrected chi connectivity index (χ2v) is 6.17. The molecule has 0 aromatic heterocycles. The van der Waals surface area contributed by atoms with Crippen molar-refractivity contribution in [3.05, 3.63) is 63.0 Å². The van der Waals surface area contributed by atoms with Gasteiger partial charge in [-0.05, 0) is 26.0 Å². The Balaban J connectivity index is 2.17. The number of carbonyl (C=O) groups is 1. The van der Waals surface area contributed by atoms with E-state index in [1.807, 2.05) is 0 Å². The molecule has 1 amide bonds. The van der Waals surface area contributed by atoms with Crippen LogP contribution in [-0.4, -0.2) is 28.1 Å². The molecule has 0 aliphatic carbocycles. The lowest BCUT2D eigenvalue weighted by atomic mass is 10.1. The largest absolute Gasteiger partial charge is 0.484 e. The van der Waals surface area contributed by atoms with E-state index in [1.165, 1.54) is 19.1 Å². The van der Waals surface area contributed by atoms with E-state index in [1.54, 1.807) is 0 Å². The summed E-state index contributed by atoms with van der Waals surface area (Å²) in [6.07, 6.45) is 0. The molecule has 0 bridgehead atoms. The van der Waals surface area contributed by atoms with Crippen LogP contribution in [0.1, 0.15) is 12.5 Å². The molecular formula is C17H13F5N2O5.